The molecule has 0 radical (unpaired) electrons. The zero-order chi connectivity index (χ0) is 9.72. The molecular weight excluding hydrogens is 146 g/mol. The second-order valence-electron chi connectivity index (χ2n) is 3.80. The highest BCUT2D eigenvalue weighted by molar-refractivity contribution is 5.04. The molecule has 0 saturated heterocycles. The first-order valence-corrected chi connectivity index (χ1v) is 4.53. The quantitative estimate of drug-likeness (QED) is 0.626. The van der Waals surface area contributed by atoms with Crippen molar-refractivity contribution >= 4 is 0 Å². The van der Waals surface area contributed by atoms with Gasteiger partial charge in [-0.2, -0.15) is 0 Å². The largest absolute Gasteiger partial charge is 0.324 e. The van der Waals surface area contributed by atoms with Gasteiger partial charge in [0.25, 0.3) is 0 Å². The molecule has 1 unspecified atom stereocenters. The van der Waals surface area contributed by atoms with Gasteiger partial charge in [-0.15, -0.1) is 0 Å². The van der Waals surface area contributed by atoms with Crippen molar-refractivity contribution in [3.63, 3.8) is 0 Å². The van der Waals surface area contributed by atoms with Crippen molar-refractivity contribution in [1.82, 2.24) is 0 Å². The van der Waals surface area contributed by atoms with E-state index in [1.165, 1.54) is 5.57 Å². The molecule has 0 saturated carbocycles. The van der Waals surface area contributed by atoms with Crippen LogP contribution >= 0.6 is 0 Å². The van der Waals surface area contributed by atoms with Crippen LogP contribution in [0.15, 0.2) is 24.3 Å². The van der Waals surface area contributed by atoms with Crippen LogP contribution in [0.1, 0.15) is 33.6 Å². The molecule has 0 aromatic rings. The minimum atomic E-state index is 0.139. The zero-order valence-electron chi connectivity index (χ0n) is 8.56. The molecule has 2 N–H and O–H groups in total. The average Bonchev–Trinajstić information content (AvgIpc) is 1.98. The Morgan fingerprint density at radius 2 is 1.83 bits per heavy atom. The van der Waals surface area contributed by atoms with Gasteiger partial charge in [-0.1, -0.05) is 38.2 Å². The summed E-state index contributed by atoms with van der Waals surface area (Å²) in [4.78, 5) is 0. The summed E-state index contributed by atoms with van der Waals surface area (Å²) in [6.45, 7) is 14.1. The van der Waals surface area contributed by atoms with Gasteiger partial charge in [0.1, 0.15) is 0 Å². The molecule has 0 spiro atoms. The highest BCUT2D eigenvalue weighted by Gasteiger charge is 2.05. The lowest BCUT2D eigenvalue weighted by atomic mass is 9.96. The monoisotopic (exact) mass is 167 g/mol. The molecule has 1 nitrogen and oxygen atoms in total. The standard InChI is InChI=1S/C11H21N/c1-8(2)10(5)6-7-11(12)9(3)4/h8,11H,3,5-7,12H2,1-2,4H3. The van der Waals surface area contributed by atoms with Gasteiger partial charge in [-0.3, -0.25) is 0 Å². The fourth-order valence-corrected chi connectivity index (χ4v) is 0.876. The molecule has 0 amide bonds. The molecule has 0 aromatic carbocycles. The van der Waals surface area contributed by atoms with E-state index >= 15 is 0 Å². The normalized spacial score (nSPS) is 13.1. The minimum absolute atomic E-state index is 0.139. The van der Waals surface area contributed by atoms with E-state index in [-0.39, 0.29) is 6.04 Å². The summed E-state index contributed by atoms with van der Waals surface area (Å²) in [7, 11) is 0. The molecule has 0 rings (SSSR count). The first kappa shape index (κ1) is 11.4. The molecule has 12 heavy (non-hydrogen) atoms. The third-order valence-corrected chi connectivity index (χ3v) is 2.23. The van der Waals surface area contributed by atoms with E-state index in [1.807, 2.05) is 6.92 Å². The number of rotatable bonds is 5. The zero-order valence-corrected chi connectivity index (χ0v) is 8.56. The van der Waals surface area contributed by atoms with Gasteiger partial charge in [0.2, 0.25) is 0 Å². The van der Waals surface area contributed by atoms with E-state index in [2.05, 4.69) is 27.0 Å². The van der Waals surface area contributed by atoms with Crippen molar-refractivity contribution in [3.8, 4) is 0 Å². The predicted octanol–water partition coefficient (Wildman–Crippen LogP) is 2.88. The highest BCUT2D eigenvalue weighted by Crippen LogP contribution is 2.15. The van der Waals surface area contributed by atoms with E-state index in [4.69, 9.17) is 5.73 Å². The molecule has 0 heterocycles. The van der Waals surface area contributed by atoms with Crippen LogP contribution < -0.4 is 5.73 Å². The van der Waals surface area contributed by atoms with Gasteiger partial charge in [0.05, 0.1) is 0 Å². The van der Waals surface area contributed by atoms with Crippen LogP contribution in [-0.2, 0) is 0 Å². The van der Waals surface area contributed by atoms with Gasteiger partial charge < -0.3 is 5.73 Å². The van der Waals surface area contributed by atoms with Crippen molar-refractivity contribution in [2.75, 3.05) is 0 Å². The van der Waals surface area contributed by atoms with E-state index in [1.54, 1.807) is 0 Å². The molecule has 1 atom stereocenters. The summed E-state index contributed by atoms with van der Waals surface area (Å²) in [6, 6.07) is 0.139. The molecule has 0 bridgehead atoms. The van der Waals surface area contributed by atoms with Gasteiger partial charge in [-0.05, 0) is 25.7 Å². The molecule has 0 aliphatic carbocycles. The molecule has 0 aliphatic rings. The first-order chi connectivity index (χ1) is 5.45. The number of hydrogen-bond acceptors (Lipinski definition) is 1. The van der Waals surface area contributed by atoms with E-state index in [0.717, 1.165) is 18.4 Å². The van der Waals surface area contributed by atoms with Crippen LogP contribution in [-0.4, -0.2) is 6.04 Å². The predicted molar refractivity (Wildman–Crippen MR) is 56.0 cm³/mol. The minimum Gasteiger partial charge on any atom is -0.324 e. The Balaban J connectivity index is 3.69. The van der Waals surface area contributed by atoms with Crippen molar-refractivity contribution in [2.45, 2.75) is 39.7 Å². The van der Waals surface area contributed by atoms with Crippen molar-refractivity contribution in [2.24, 2.45) is 11.7 Å². The third kappa shape index (κ3) is 4.35. The Hall–Kier alpha value is -0.560. The lowest BCUT2D eigenvalue weighted by Gasteiger charge is -2.14. The van der Waals surface area contributed by atoms with Crippen molar-refractivity contribution < 1.29 is 0 Å². The Morgan fingerprint density at radius 1 is 1.33 bits per heavy atom. The fourth-order valence-electron chi connectivity index (χ4n) is 0.876. The molecular formula is C11H21N. The Bertz CT molecular complexity index is 168. The fraction of sp³-hybridized carbons (Fsp3) is 0.636. The first-order valence-electron chi connectivity index (χ1n) is 4.53. The molecule has 0 fully saturated rings. The molecule has 0 aliphatic heterocycles. The second-order valence-corrected chi connectivity index (χ2v) is 3.80. The summed E-state index contributed by atoms with van der Waals surface area (Å²) in [5.74, 6) is 0.572. The smallest absolute Gasteiger partial charge is 0.0251 e. The highest BCUT2D eigenvalue weighted by atomic mass is 14.6. The Labute approximate surface area is 76.3 Å². The lowest BCUT2D eigenvalue weighted by Crippen LogP contribution is -2.20. The Kier molecular flexibility index (Phi) is 4.91. The van der Waals surface area contributed by atoms with E-state index in [9.17, 15) is 0 Å². The van der Waals surface area contributed by atoms with E-state index in [0.29, 0.717) is 5.92 Å². The van der Waals surface area contributed by atoms with Gasteiger partial charge in [0, 0.05) is 6.04 Å². The van der Waals surface area contributed by atoms with Gasteiger partial charge in [0.15, 0.2) is 0 Å². The average molecular weight is 167 g/mol. The maximum atomic E-state index is 5.82. The molecule has 70 valence electrons. The summed E-state index contributed by atoms with van der Waals surface area (Å²) < 4.78 is 0. The van der Waals surface area contributed by atoms with Gasteiger partial charge in [-0.25, -0.2) is 0 Å². The van der Waals surface area contributed by atoms with Crippen LogP contribution in [0.3, 0.4) is 0 Å². The van der Waals surface area contributed by atoms with Crippen LogP contribution in [0.25, 0.3) is 0 Å². The summed E-state index contributed by atoms with van der Waals surface area (Å²) in [6.07, 6.45) is 2.00. The maximum absolute atomic E-state index is 5.82. The SMILES string of the molecule is C=C(CCC(N)C(=C)C)C(C)C. The van der Waals surface area contributed by atoms with Crippen LogP contribution in [0.2, 0.25) is 0 Å². The Morgan fingerprint density at radius 3 is 2.17 bits per heavy atom. The van der Waals surface area contributed by atoms with Crippen LogP contribution in [0.4, 0.5) is 0 Å². The van der Waals surface area contributed by atoms with Crippen LogP contribution in [0, 0.1) is 5.92 Å². The summed E-state index contributed by atoms with van der Waals surface area (Å²) in [5.41, 5.74) is 8.17. The summed E-state index contributed by atoms with van der Waals surface area (Å²) in [5, 5.41) is 0. The van der Waals surface area contributed by atoms with Gasteiger partial charge >= 0.3 is 0 Å². The van der Waals surface area contributed by atoms with Crippen molar-refractivity contribution in [3.05, 3.63) is 24.3 Å². The van der Waals surface area contributed by atoms with Crippen molar-refractivity contribution in [1.29, 1.82) is 0 Å². The topological polar surface area (TPSA) is 26.0 Å². The molecule has 1 heteroatoms. The number of hydrogen-bond donors (Lipinski definition) is 1. The number of nitrogens with two attached hydrogens (primary N) is 1. The third-order valence-electron chi connectivity index (χ3n) is 2.23. The molecule has 0 aromatic heterocycles. The summed E-state index contributed by atoms with van der Waals surface area (Å²) >= 11 is 0. The van der Waals surface area contributed by atoms with Crippen LogP contribution in [0.5, 0.6) is 0 Å². The second kappa shape index (κ2) is 5.15. The lowest BCUT2D eigenvalue weighted by molar-refractivity contribution is 0.634. The maximum Gasteiger partial charge on any atom is 0.0251 e. The van der Waals surface area contributed by atoms with E-state index < -0.39 is 0 Å². The number of allylic oxidation sites excluding steroid dienone is 1.